The molecule has 1 N–H and O–H groups in total. The predicted octanol–water partition coefficient (Wildman–Crippen LogP) is 1.26. The van der Waals surface area contributed by atoms with Gasteiger partial charge in [0.1, 0.15) is 0 Å². The maximum Gasteiger partial charge on any atom is 0.417 e. The first-order valence-electron chi connectivity index (χ1n) is 7.80. The van der Waals surface area contributed by atoms with Gasteiger partial charge in [0.15, 0.2) is 0 Å². The fraction of sp³-hybridized carbons (Fsp3) is 0.533. The van der Waals surface area contributed by atoms with Crippen LogP contribution in [0.3, 0.4) is 0 Å². The second-order valence-electron chi connectivity index (χ2n) is 5.55. The number of benzene rings is 1. The van der Waals surface area contributed by atoms with Crippen molar-refractivity contribution in [3.63, 3.8) is 0 Å². The second kappa shape index (κ2) is 8.59. The molecular weight excluding hydrogens is 393 g/mol. The van der Waals surface area contributed by atoms with E-state index in [9.17, 15) is 26.4 Å². The molecule has 0 saturated carbocycles. The van der Waals surface area contributed by atoms with Crippen molar-refractivity contribution in [3.8, 4) is 0 Å². The third-order valence-corrected chi connectivity index (χ3v) is 6.74. The number of aliphatic hydroxyl groups excluding tert-OH is 1. The van der Waals surface area contributed by atoms with E-state index in [4.69, 9.17) is 5.11 Å². The fourth-order valence-corrected chi connectivity index (χ4v) is 4.82. The molecule has 0 radical (unpaired) electrons. The van der Waals surface area contributed by atoms with Gasteiger partial charge >= 0.3 is 6.18 Å². The number of hydrogen-bond acceptors (Lipinski definition) is 5. The number of carbonyl (C=O) groups excluding carboxylic acids is 1. The molecule has 0 aliphatic carbocycles. The normalized spacial score (nSPS) is 16.7. The lowest BCUT2D eigenvalue weighted by atomic mass is 10.2. The number of nitrogens with zero attached hydrogens (tertiary/aromatic N) is 2. The van der Waals surface area contributed by atoms with E-state index in [1.807, 2.05) is 0 Å². The van der Waals surface area contributed by atoms with Crippen molar-refractivity contribution in [2.24, 2.45) is 0 Å². The molecule has 1 aliphatic heterocycles. The van der Waals surface area contributed by atoms with Gasteiger partial charge in [-0.1, -0.05) is 12.1 Å². The zero-order chi connectivity index (χ0) is 19.4. The van der Waals surface area contributed by atoms with Gasteiger partial charge in [-0.2, -0.15) is 17.5 Å². The lowest BCUT2D eigenvalue weighted by Crippen LogP contribution is -2.51. The second-order valence-corrected chi connectivity index (χ2v) is 8.57. The summed E-state index contributed by atoms with van der Waals surface area (Å²) in [5, 5.41) is 8.70. The van der Waals surface area contributed by atoms with E-state index < -0.39 is 26.7 Å². The molecule has 146 valence electrons. The number of halogens is 3. The molecule has 1 fully saturated rings. The molecule has 6 nitrogen and oxygen atoms in total. The molecule has 0 aromatic heterocycles. The Morgan fingerprint density at radius 1 is 1.15 bits per heavy atom. The number of aliphatic hydroxyl groups is 1. The number of piperazine rings is 1. The number of rotatable bonds is 6. The van der Waals surface area contributed by atoms with E-state index in [2.05, 4.69) is 0 Å². The van der Waals surface area contributed by atoms with Crippen molar-refractivity contribution in [1.82, 2.24) is 9.21 Å². The maximum atomic E-state index is 13.1. The molecule has 1 aromatic carbocycles. The Labute approximate surface area is 154 Å². The third-order valence-electron chi connectivity index (χ3n) is 3.86. The number of hydrogen-bond donors (Lipinski definition) is 1. The van der Waals surface area contributed by atoms with E-state index in [0.29, 0.717) is 5.75 Å². The van der Waals surface area contributed by atoms with Crippen LogP contribution >= 0.6 is 11.8 Å². The standard InChI is InChI=1S/C15H19F3N2O4S2/c16-15(17,18)12-3-1-2-4-13(12)26(23,24)20-7-5-19(6-8-20)14(22)11-25-10-9-21/h1-4,21H,5-11H2. The Bertz CT molecular complexity index is 733. The topological polar surface area (TPSA) is 77.9 Å². The van der Waals surface area contributed by atoms with Crippen LogP contribution in [-0.4, -0.2) is 72.9 Å². The van der Waals surface area contributed by atoms with Crippen LogP contribution in [-0.2, 0) is 21.0 Å². The van der Waals surface area contributed by atoms with Crippen LogP contribution < -0.4 is 0 Å². The van der Waals surface area contributed by atoms with Gasteiger partial charge in [0.25, 0.3) is 0 Å². The molecule has 2 rings (SSSR count). The summed E-state index contributed by atoms with van der Waals surface area (Å²) < 4.78 is 65.6. The monoisotopic (exact) mass is 412 g/mol. The van der Waals surface area contributed by atoms with Crippen molar-refractivity contribution >= 4 is 27.7 Å². The summed E-state index contributed by atoms with van der Waals surface area (Å²) in [6.07, 6.45) is -4.77. The van der Waals surface area contributed by atoms with Crippen molar-refractivity contribution in [1.29, 1.82) is 0 Å². The number of thioether (sulfide) groups is 1. The molecule has 1 heterocycles. The third kappa shape index (κ3) is 4.90. The van der Waals surface area contributed by atoms with E-state index >= 15 is 0 Å². The molecular formula is C15H19F3N2O4S2. The number of amides is 1. The molecule has 0 atom stereocenters. The first kappa shape index (κ1) is 21.0. The molecule has 1 saturated heterocycles. The summed E-state index contributed by atoms with van der Waals surface area (Å²) in [6.45, 7) is 0.0658. The van der Waals surface area contributed by atoms with E-state index in [-0.39, 0.29) is 44.4 Å². The SMILES string of the molecule is O=C(CSCCO)N1CCN(S(=O)(=O)c2ccccc2C(F)(F)F)CC1. The molecule has 0 spiro atoms. The van der Waals surface area contributed by atoms with Crippen LogP contribution in [0.4, 0.5) is 13.2 Å². The average Bonchev–Trinajstić information content (AvgIpc) is 2.61. The summed E-state index contributed by atoms with van der Waals surface area (Å²) in [6, 6.07) is 4.08. The van der Waals surface area contributed by atoms with Crippen LogP contribution in [0, 0.1) is 0 Å². The Morgan fingerprint density at radius 2 is 1.77 bits per heavy atom. The lowest BCUT2D eigenvalue weighted by molar-refractivity contribution is -0.139. The number of carbonyl (C=O) groups is 1. The molecule has 26 heavy (non-hydrogen) atoms. The summed E-state index contributed by atoms with van der Waals surface area (Å²) >= 11 is 1.26. The highest BCUT2D eigenvalue weighted by Crippen LogP contribution is 2.35. The first-order chi connectivity index (χ1) is 12.2. The van der Waals surface area contributed by atoms with Crippen molar-refractivity contribution in [3.05, 3.63) is 29.8 Å². The molecule has 0 unspecified atom stereocenters. The largest absolute Gasteiger partial charge is 0.417 e. The summed E-state index contributed by atoms with van der Waals surface area (Å²) in [4.78, 5) is 12.7. The van der Waals surface area contributed by atoms with E-state index in [0.717, 1.165) is 22.5 Å². The van der Waals surface area contributed by atoms with Gasteiger partial charge in [-0.05, 0) is 12.1 Å². The van der Waals surface area contributed by atoms with Gasteiger partial charge in [-0.15, -0.1) is 11.8 Å². The molecule has 1 amide bonds. The van der Waals surface area contributed by atoms with Gasteiger partial charge < -0.3 is 10.0 Å². The van der Waals surface area contributed by atoms with Crippen LogP contribution in [0.5, 0.6) is 0 Å². The number of alkyl halides is 3. The maximum absolute atomic E-state index is 13.1. The minimum atomic E-state index is -4.77. The average molecular weight is 412 g/mol. The molecule has 11 heteroatoms. The lowest BCUT2D eigenvalue weighted by Gasteiger charge is -2.34. The predicted molar refractivity (Wildman–Crippen MR) is 91.2 cm³/mol. The van der Waals surface area contributed by atoms with Gasteiger partial charge in [0.2, 0.25) is 15.9 Å². The minimum Gasteiger partial charge on any atom is -0.396 e. The van der Waals surface area contributed by atoms with Gasteiger partial charge in [-0.25, -0.2) is 8.42 Å². The van der Waals surface area contributed by atoms with Crippen LogP contribution in [0.15, 0.2) is 29.2 Å². The fourth-order valence-electron chi connectivity index (χ4n) is 2.56. The Kier molecular flexibility index (Phi) is 6.94. The Morgan fingerprint density at radius 3 is 2.35 bits per heavy atom. The van der Waals surface area contributed by atoms with Crippen LogP contribution in [0.25, 0.3) is 0 Å². The first-order valence-corrected chi connectivity index (χ1v) is 10.4. The number of sulfonamides is 1. The highest BCUT2D eigenvalue weighted by molar-refractivity contribution is 7.99. The highest BCUT2D eigenvalue weighted by atomic mass is 32.2. The van der Waals surface area contributed by atoms with Crippen molar-refractivity contribution < 1.29 is 31.5 Å². The van der Waals surface area contributed by atoms with E-state index in [1.54, 1.807) is 0 Å². The zero-order valence-corrected chi connectivity index (χ0v) is 15.4. The minimum absolute atomic E-state index is 0.0391. The molecule has 1 aliphatic rings. The Balaban J connectivity index is 2.08. The molecule has 0 bridgehead atoms. The summed E-state index contributed by atoms with van der Waals surface area (Å²) in [7, 11) is -4.31. The smallest absolute Gasteiger partial charge is 0.396 e. The highest BCUT2D eigenvalue weighted by Gasteiger charge is 2.39. The van der Waals surface area contributed by atoms with Crippen molar-refractivity contribution in [2.45, 2.75) is 11.1 Å². The summed E-state index contributed by atoms with van der Waals surface area (Å²) in [5.74, 6) is 0.412. The van der Waals surface area contributed by atoms with Gasteiger partial charge in [0.05, 0.1) is 22.8 Å². The van der Waals surface area contributed by atoms with Gasteiger partial charge in [-0.3, -0.25) is 4.79 Å². The molecule has 1 aromatic rings. The van der Waals surface area contributed by atoms with E-state index in [1.165, 1.54) is 22.7 Å². The van der Waals surface area contributed by atoms with Crippen LogP contribution in [0.2, 0.25) is 0 Å². The summed E-state index contributed by atoms with van der Waals surface area (Å²) in [5.41, 5.74) is -1.20. The van der Waals surface area contributed by atoms with Gasteiger partial charge in [0, 0.05) is 31.9 Å². The Hall–Kier alpha value is -1.30. The van der Waals surface area contributed by atoms with Crippen LogP contribution in [0.1, 0.15) is 5.56 Å². The van der Waals surface area contributed by atoms with Crippen molar-refractivity contribution in [2.75, 3.05) is 44.3 Å². The quantitative estimate of drug-likeness (QED) is 0.712. The zero-order valence-electron chi connectivity index (χ0n) is 13.8.